The predicted molar refractivity (Wildman–Crippen MR) is 65.4 cm³/mol. The molecule has 1 aliphatic heterocycles. The highest BCUT2D eigenvalue weighted by Gasteiger charge is 2.26. The Morgan fingerprint density at radius 1 is 1.59 bits per heavy atom. The van der Waals surface area contributed by atoms with Crippen LogP contribution in [0.1, 0.15) is 23.7 Å². The van der Waals surface area contributed by atoms with Crippen molar-refractivity contribution in [2.24, 2.45) is 0 Å². The molecule has 2 rings (SSSR count). The van der Waals surface area contributed by atoms with Crippen molar-refractivity contribution in [3.63, 3.8) is 0 Å². The van der Waals surface area contributed by atoms with Crippen LogP contribution in [0, 0.1) is 5.82 Å². The third-order valence-electron chi connectivity index (χ3n) is 2.87. The summed E-state index contributed by atoms with van der Waals surface area (Å²) in [6.45, 7) is 2.59. The van der Waals surface area contributed by atoms with Crippen LogP contribution in [0.3, 0.4) is 0 Å². The maximum Gasteiger partial charge on any atom is 0.252 e. The summed E-state index contributed by atoms with van der Waals surface area (Å²) in [5, 5.41) is 2.89. The van der Waals surface area contributed by atoms with Crippen LogP contribution in [0.25, 0.3) is 0 Å². The molecule has 1 aromatic carbocycles. The van der Waals surface area contributed by atoms with Crippen LogP contribution in [0.2, 0.25) is 0 Å². The number of rotatable bonds is 2. The zero-order valence-corrected chi connectivity index (χ0v) is 11.0. The molecule has 0 radical (unpaired) electrons. The maximum atomic E-state index is 12.9. The van der Waals surface area contributed by atoms with Crippen LogP contribution in [-0.4, -0.2) is 24.7 Å². The molecule has 1 amide bonds. The van der Waals surface area contributed by atoms with E-state index in [2.05, 4.69) is 21.2 Å². The number of nitrogens with one attached hydrogen (secondary N) is 1. The molecule has 1 heterocycles. The summed E-state index contributed by atoms with van der Waals surface area (Å²) >= 11 is 3.18. The fourth-order valence-electron chi connectivity index (χ4n) is 1.84. The second-order valence-corrected chi connectivity index (χ2v) is 4.92. The van der Waals surface area contributed by atoms with Crippen LogP contribution < -0.4 is 5.32 Å². The third-order valence-corrected chi connectivity index (χ3v) is 3.52. The van der Waals surface area contributed by atoms with Crippen molar-refractivity contribution in [3.05, 3.63) is 34.1 Å². The van der Waals surface area contributed by atoms with Crippen molar-refractivity contribution in [1.29, 1.82) is 0 Å². The summed E-state index contributed by atoms with van der Waals surface area (Å²) in [6, 6.07) is 4.05. The molecule has 2 atom stereocenters. The van der Waals surface area contributed by atoms with E-state index in [1.165, 1.54) is 18.2 Å². The van der Waals surface area contributed by atoms with E-state index in [4.69, 9.17) is 4.74 Å². The first-order valence-corrected chi connectivity index (χ1v) is 6.25. The average Bonchev–Trinajstić information content (AvgIpc) is 2.64. The van der Waals surface area contributed by atoms with Gasteiger partial charge in [0.05, 0.1) is 17.7 Å². The molecule has 1 N–H and O–H groups in total. The zero-order valence-electron chi connectivity index (χ0n) is 9.37. The maximum absolute atomic E-state index is 12.9. The topological polar surface area (TPSA) is 38.3 Å². The summed E-state index contributed by atoms with van der Waals surface area (Å²) in [5.41, 5.74) is 0.436. The molecular formula is C12H13BrFNO2. The van der Waals surface area contributed by atoms with Crippen molar-refractivity contribution in [1.82, 2.24) is 5.32 Å². The summed E-state index contributed by atoms with van der Waals surface area (Å²) in [5.74, 6) is -0.579. The summed E-state index contributed by atoms with van der Waals surface area (Å²) < 4.78 is 18.7. The summed E-state index contributed by atoms with van der Waals surface area (Å²) in [7, 11) is 0. The molecule has 3 nitrogen and oxygen atoms in total. The fraction of sp³-hybridized carbons (Fsp3) is 0.417. The minimum absolute atomic E-state index is 0.0261. The molecule has 5 heteroatoms. The van der Waals surface area contributed by atoms with Gasteiger partial charge in [0.2, 0.25) is 0 Å². The molecule has 0 bridgehead atoms. The Kier molecular flexibility index (Phi) is 3.79. The Hall–Kier alpha value is -0.940. The van der Waals surface area contributed by atoms with Crippen molar-refractivity contribution >= 4 is 21.8 Å². The molecule has 2 unspecified atom stereocenters. The van der Waals surface area contributed by atoms with Gasteiger partial charge in [-0.2, -0.15) is 0 Å². The van der Waals surface area contributed by atoms with Gasteiger partial charge in [-0.3, -0.25) is 4.79 Å². The second kappa shape index (κ2) is 5.14. The quantitative estimate of drug-likeness (QED) is 0.911. The number of amides is 1. The Bertz CT molecular complexity index is 439. The largest absolute Gasteiger partial charge is 0.376 e. The molecule has 0 saturated carbocycles. The van der Waals surface area contributed by atoms with Gasteiger partial charge < -0.3 is 10.1 Å². The van der Waals surface area contributed by atoms with E-state index in [1.807, 2.05) is 6.92 Å². The van der Waals surface area contributed by atoms with Crippen LogP contribution in [-0.2, 0) is 4.74 Å². The van der Waals surface area contributed by atoms with E-state index in [9.17, 15) is 9.18 Å². The molecular weight excluding hydrogens is 289 g/mol. The number of hydrogen-bond donors (Lipinski definition) is 1. The number of halogens is 2. The second-order valence-electron chi connectivity index (χ2n) is 4.07. The van der Waals surface area contributed by atoms with Crippen LogP contribution >= 0.6 is 15.9 Å². The summed E-state index contributed by atoms with van der Waals surface area (Å²) in [4.78, 5) is 12.0. The molecule has 0 aromatic heterocycles. The van der Waals surface area contributed by atoms with E-state index >= 15 is 0 Å². The van der Waals surface area contributed by atoms with Gasteiger partial charge in [0.15, 0.2) is 0 Å². The molecule has 1 aliphatic rings. The van der Waals surface area contributed by atoms with E-state index in [1.54, 1.807) is 0 Å². The van der Waals surface area contributed by atoms with Crippen LogP contribution in [0.4, 0.5) is 4.39 Å². The lowest BCUT2D eigenvalue weighted by Crippen LogP contribution is -2.39. The molecule has 1 fully saturated rings. The molecule has 1 saturated heterocycles. The van der Waals surface area contributed by atoms with E-state index in [-0.39, 0.29) is 23.9 Å². The first-order valence-electron chi connectivity index (χ1n) is 5.45. The highest BCUT2D eigenvalue weighted by molar-refractivity contribution is 9.10. The fourth-order valence-corrected chi connectivity index (χ4v) is 2.37. The molecule has 92 valence electrons. The van der Waals surface area contributed by atoms with Crippen molar-refractivity contribution in [3.8, 4) is 0 Å². The van der Waals surface area contributed by atoms with Gasteiger partial charge in [0, 0.05) is 11.1 Å². The highest BCUT2D eigenvalue weighted by Crippen LogP contribution is 2.19. The molecule has 0 spiro atoms. The van der Waals surface area contributed by atoms with E-state index in [0.29, 0.717) is 16.6 Å². The number of carbonyl (C=O) groups is 1. The van der Waals surface area contributed by atoms with Gasteiger partial charge in [-0.05, 0) is 47.5 Å². The van der Waals surface area contributed by atoms with Crippen molar-refractivity contribution < 1.29 is 13.9 Å². The van der Waals surface area contributed by atoms with Crippen LogP contribution in [0.5, 0.6) is 0 Å². The van der Waals surface area contributed by atoms with E-state index in [0.717, 1.165) is 6.42 Å². The van der Waals surface area contributed by atoms with Gasteiger partial charge in [-0.1, -0.05) is 0 Å². The smallest absolute Gasteiger partial charge is 0.252 e. The number of hydrogen-bond acceptors (Lipinski definition) is 2. The molecule has 0 aliphatic carbocycles. The van der Waals surface area contributed by atoms with Gasteiger partial charge in [0.25, 0.3) is 5.91 Å². The number of ether oxygens (including phenoxy) is 1. The Labute approximate surface area is 107 Å². The van der Waals surface area contributed by atoms with Crippen molar-refractivity contribution in [2.45, 2.75) is 25.5 Å². The van der Waals surface area contributed by atoms with Gasteiger partial charge in [-0.25, -0.2) is 4.39 Å². The van der Waals surface area contributed by atoms with Gasteiger partial charge in [0.1, 0.15) is 5.82 Å². The normalized spacial score (nSPS) is 23.7. The minimum atomic E-state index is -0.369. The summed E-state index contributed by atoms with van der Waals surface area (Å²) in [6.07, 6.45) is 0.837. The molecule has 17 heavy (non-hydrogen) atoms. The van der Waals surface area contributed by atoms with Crippen LogP contribution in [0.15, 0.2) is 22.7 Å². The third kappa shape index (κ3) is 2.84. The van der Waals surface area contributed by atoms with Gasteiger partial charge in [-0.15, -0.1) is 0 Å². The molecule has 1 aromatic rings. The van der Waals surface area contributed by atoms with Gasteiger partial charge >= 0.3 is 0 Å². The highest BCUT2D eigenvalue weighted by atomic mass is 79.9. The Balaban J connectivity index is 2.09. The number of benzene rings is 1. The first-order chi connectivity index (χ1) is 8.08. The van der Waals surface area contributed by atoms with E-state index < -0.39 is 0 Å². The lowest BCUT2D eigenvalue weighted by molar-refractivity contribution is 0.0865. The predicted octanol–water partition coefficient (Wildman–Crippen LogP) is 2.50. The Morgan fingerprint density at radius 3 is 2.94 bits per heavy atom. The monoisotopic (exact) mass is 301 g/mol. The standard InChI is InChI=1S/C12H13BrFNO2/c1-7-11(4-5-17-7)15-12(16)9-3-2-8(14)6-10(9)13/h2-3,6-7,11H,4-5H2,1H3,(H,15,16). The lowest BCUT2D eigenvalue weighted by atomic mass is 10.1. The zero-order chi connectivity index (χ0) is 12.4. The first kappa shape index (κ1) is 12.5. The average molecular weight is 302 g/mol. The lowest BCUT2D eigenvalue weighted by Gasteiger charge is -2.16. The minimum Gasteiger partial charge on any atom is -0.376 e. The Morgan fingerprint density at radius 2 is 2.35 bits per heavy atom. The van der Waals surface area contributed by atoms with Crippen molar-refractivity contribution in [2.75, 3.05) is 6.61 Å². The SMILES string of the molecule is CC1OCCC1NC(=O)c1ccc(F)cc1Br. The number of carbonyl (C=O) groups excluding carboxylic acids is 1.